The molecule has 0 saturated heterocycles. The number of hydrogen-bond donors (Lipinski definition) is 3. The predicted molar refractivity (Wildman–Crippen MR) is 81.7 cm³/mol. The number of methoxy groups -OCH3 is 1. The van der Waals surface area contributed by atoms with E-state index in [2.05, 4.69) is 10.3 Å². The molecule has 1 aromatic heterocycles. The number of benzene rings is 1. The third-order valence-electron chi connectivity index (χ3n) is 3.50. The van der Waals surface area contributed by atoms with Gasteiger partial charge in [0.25, 0.3) is 0 Å². The highest BCUT2D eigenvalue weighted by Crippen LogP contribution is 2.34. The van der Waals surface area contributed by atoms with Gasteiger partial charge in [0, 0.05) is 24.3 Å². The second kappa shape index (κ2) is 6.45. The number of rotatable bonds is 5. The Kier molecular flexibility index (Phi) is 4.65. The van der Waals surface area contributed by atoms with Gasteiger partial charge in [0.05, 0.1) is 12.7 Å². The molecule has 0 radical (unpaired) electrons. The molecule has 5 heteroatoms. The van der Waals surface area contributed by atoms with E-state index >= 15 is 0 Å². The Balaban J connectivity index is 2.22. The fraction of sp³-hybridized carbons (Fsp3) is 0.312. The van der Waals surface area contributed by atoms with Crippen LogP contribution in [0.2, 0.25) is 0 Å². The number of H-pyrrole nitrogens is 1. The van der Waals surface area contributed by atoms with Crippen LogP contribution in [0.4, 0.5) is 0 Å². The van der Waals surface area contributed by atoms with Crippen LogP contribution in [-0.2, 0) is 0 Å². The first kappa shape index (κ1) is 15.1. The number of aromatic hydroxyl groups is 1. The van der Waals surface area contributed by atoms with Crippen LogP contribution in [0.1, 0.15) is 37.1 Å². The third kappa shape index (κ3) is 3.44. The van der Waals surface area contributed by atoms with Crippen LogP contribution in [0.5, 0.6) is 11.5 Å². The maximum Gasteiger partial charge on any atom is 0.248 e. The Morgan fingerprint density at radius 3 is 2.67 bits per heavy atom. The first-order valence-electron chi connectivity index (χ1n) is 6.83. The number of phenols is 1. The lowest BCUT2D eigenvalue weighted by molar-refractivity contribution is 0.381. The Hall–Kier alpha value is -2.27. The number of hydrogen-bond acceptors (Lipinski definition) is 4. The molecule has 21 heavy (non-hydrogen) atoms. The highest BCUT2D eigenvalue weighted by Gasteiger charge is 2.18. The lowest BCUT2D eigenvalue weighted by atomic mass is 10.0. The van der Waals surface area contributed by atoms with Gasteiger partial charge >= 0.3 is 0 Å². The summed E-state index contributed by atoms with van der Waals surface area (Å²) < 4.78 is 5.30. The summed E-state index contributed by atoms with van der Waals surface area (Å²) in [7, 11) is 1.57. The zero-order valence-electron chi connectivity index (χ0n) is 12.4. The molecule has 2 unspecified atom stereocenters. The van der Waals surface area contributed by atoms with Crippen LogP contribution in [0.15, 0.2) is 41.3 Å². The number of ether oxygens (including phenoxy) is 1. The Labute approximate surface area is 123 Å². The van der Waals surface area contributed by atoms with Gasteiger partial charge in [-0.1, -0.05) is 6.07 Å². The lowest BCUT2D eigenvalue weighted by Crippen LogP contribution is -2.24. The van der Waals surface area contributed by atoms with E-state index in [1.54, 1.807) is 31.5 Å². The average molecular weight is 288 g/mol. The molecule has 1 heterocycles. The summed E-state index contributed by atoms with van der Waals surface area (Å²) in [5, 5.41) is 13.4. The number of nitrogens with one attached hydrogen (secondary N) is 2. The van der Waals surface area contributed by atoms with Gasteiger partial charge in [-0.05, 0) is 37.6 Å². The van der Waals surface area contributed by atoms with Crippen LogP contribution >= 0.6 is 0 Å². The minimum Gasteiger partial charge on any atom is -0.507 e. The summed E-state index contributed by atoms with van der Waals surface area (Å²) in [6.45, 7) is 3.92. The highest BCUT2D eigenvalue weighted by molar-refractivity contribution is 5.46. The van der Waals surface area contributed by atoms with E-state index in [1.807, 2.05) is 26.0 Å². The van der Waals surface area contributed by atoms with E-state index in [1.165, 1.54) is 0 Å². The molecular formula is C16H20N2O3. The minimum atomic E-state index is -0.131. The van der Waals surface area contributed by atoms with Crippen molar-refractivity contribution >= 4 is 0 Å². The Morgan fingerprint density at radius 1 is 1.24 bits per heavy atom. The van der Waals surface area contributed by atoms with Crippen molar-refractivity contribution in [2.45, 2.75) is 25.9 Å². The van der Waals surface area contributed by atoms with E-state index in [-0.39, 0.29) is 23.4 Å². The zero-order chi connectivity index (χ0) is 15.4. The van der Waals surface area contributed by atoms with Crippen LogP contribution in [0.25, 0.3) is 0 Å². The summed E-state index contributed by atoms with van der Waals surface area (Å²) in [6, 6.07) is 8.44. The summed E-state index contributed by atoms with van der Waals surface area (Å²) >= 11 is 0. The molecular weight excluding hydrogens is 268 g/mol. The van der Waals surface area contributed by atoms with E-state index in [4.69, 9.17) is 4.74 Å². The van der Waals surface area contributed by atoms with E-state index in [9.17, 15) is 9.90 Å². The Morgan fingerprint density at radius 2 is 2.00 bits per heavy atom. The van der Waals surface area contributed by atoms with Crippen molar-refractivity contribution in [3.8, 4) is 11.5 Å². The van der Waals surface area contributed by atoms with Crippen molar-refractivity contribution in [2.24, 2.45) is 0 Å². The molecule has 0 amide bonds. The normalized spacial score (nSPS) is 13.7. The maximum absolute atomic E-state index is 11.4. The summed E-state index contributed by atoms with van der Waals surface area (Å²) in [4.78, 5) is 14.0. The molecule has 0 aliphatic heterocycles. The second-order valence-corrected chi connectivity index (χ2v) is 4.99. The number of aromatic amines is 1. The van der Waals surface area contributed by atoms with Gasteiger partial charge in [-0.2, -0.15) is 0 Å². The molecule has 0 saturated carbocycles. The molecule has 5 nitrogen and oxygen atoms in total. The first-order chi connectivity index (χ1) is 10.0. The predicted octanol–water partition coefficient (Wildman–Crippen LogP) is 2.50. The van der Waals surface area contributed by atoms with Gasteiger partial charge < -0.3 is 20.1 Å². The molecule has 2 aromatic rings. The second-order valence-electron chi connectivity index (χ2n) is 4.99. The smallest absolute Gasteiger partial charge is 0.248 e. The van der Waals surface area contributed by atoms with Crippen LogP contribution < -0.4 is 15.6 Å². The van der Waals surface area contributed by atoms with Crippen molar-refractivity contribution in [3.63, 3.8) is 0 Å². The maximum atomic E-state index is 11.4. The van der Waals surface area contributed by atoms with E-state index < -0.39 is 0 Å². The van der Waals surface area contributed by atoms with Crippen LogP contribution in [0.3, 0.4) is 0 Å². The number of pyridine rings is 1. The molecule has 0 fully saturated rings. The minimum absolute atomic E-state index is 0.0355. The SMILES string of the molecule is COc1cccc(O)c1C(C)NC(C)c1cc[nH]c(=O)c1. The Bertz CT molecular complexity index is 667. The molecule has 0 aliphatic rings. The van der Waals surface area contributed by atoms with Crippen molar-refractivity contribution in [1.82, 2.24) is 10.3 Å². The fourth-order valence-electron chi connectivity index (χ4n) is 2.43. The van der Waals surface area contributed by atoms with E-state index in [0.717, 1.165) is 5.56 Å². The molecule has 0 bridgehead atoms. The van der Waals surface area contributed by atoms with Gasteiger partial charge in [-0.3, -0.25) is 4.79 Å². The molecule has 0 aliphatic carbocycles. The zero-order valence-corrected chi connectivity index (χ0v) is 12.4. The molecule has 1 aromatic carbocycles. The first-order valence-corrected chi connectivity index (χ1v) is 6.83. The summed E-state index contributed by atoms with van der Waals surface area (Å²) in [5.41, 5.74) is 1.46. The third-order valence-corrected chi connectivity index (χ3v) is 3.50. The van der Waals surface area contributed by atoms with Gasteiger partial charge in [0.2, 0.25) is 5.56 Å². The van der Waals surface area contributed by atoms with Gasteiger partial charge in [-0.25, -0.2) is 0 Å². The van der Waals surface area contributed by atoms with Crippen molar-refractivity contribution in [3.05, 3.63) is 58.0 Å². The highest BCUT2D eigenvalue weighted by atomic mass is 16.5. The largest absolute Gasteiger partial charge is 0.507 e. The quantitative estimate of drug-likeness (QED) is 0.790. The lowest BCUT2D eigenvalue weighted by Gasteiger charge is -2.22. The molecule has 2 atom stereocenters. The monoisotopic (exact) mass is 288 g/mol. The standard InChI is InChI=1S/C16H20N2O3/c1-10(12-7-8-17-15(20)9-12)18-11(2)16-13(19)5-4-6-14(16)21-3/h4-11,18-19H,1-3H3,(H,17,20). The molecule has 2 rings (SSSR count). The van der Waals surface area contributed by atoms with Crippen molar-refractivity contribution in [1.29, 1.82) is 0 Å². The topological polar surface area (TPSA) is 74.3 Å². The molecule has 3 N–H and O–H groups in total. The van der Waals surface area contributed by atoms with Gasteiger partial charge in [0.15, 0.2) is 0 Å². The average Bonchev–Trinajstić information content (AvgIpc) is 2.46. The van der Waals surface area contributed by atoms with Crippen molar-refractivity contribution < 1.29 is 9.84 Å². The summed E-state index contributed by atoms with van der Waals surface area (Å²) in [5.74, 6) is 0.820. The number of phenolic OH excluding ortho intramolecular Hbond substituents is 1. The van der Waals surface area contributed by atoms with Crippen LogP contribution in [0, 0.1) is 0 Å². The van der Waals surface area contributed by atoms with Gasteiger partial charge in [-0.15, -0.1) is 0 Å². The molecule has 0 spiro atoms. The van der Waals surface area contributed by atoms with E-state index in [0.29, 0.717) is 11.3 Å². The number of aromatic nitrogens is 1. The van der Waals surface area contributed by atoms with Gasteiger partial charge in [0.1, 0.15) is 11.5 Å². The van der Waals surface area contributed by atoms with Crippen molar-refractivity contribution in [2.75, 3.05) is 7.11 Å². The molecule has 112 valence electrons. The fourth-order valence-corrected chi connectivity index (χ4v) is 2.43. The summed E-state index contributed by atoms with van der Waals surface area (Å²) in [6.07, 6.45) is 1.63. The van der Waals surface area contributed by atoms with Crippen LogP contribution in [-0.4, -0.2) is 17.2 Å².